The van der Waals surface area contributed by atoms with Gasteiger partial charge in [-0.3, -0.25) is 4.79 Å². The van der Waals surface area contributed by atoms with Gasteiger partial charge in [0.1, 0.15) is 5.75 Å². The molecule has 0 aliphatic carbocycles. The normalized spacial score (nSPS) is 10.5. The summed E-state index contributed by atoms with van der Waals surface area (Å²) in [6.45, 7) is 0. The van der Waals surface area contributed by atoms with E-state index in [1.807, 2.05) is 77.4 Å². The number of hydrogen-bond donors (Lipinski definition) is 0. The second-order valence-corrected chi connectivity index (χ2v) is 6.89. The fourth-order valence-electron chi connectivity index (χ4n) is 3.70. The Morgan fingerprint density at radius 3 is 2.16 bits per heavy atom. The fraction of sp³-hybridized carbons (Fsp3) is 0.0769. The van der Waals surface area contributed by atoms with Crippen molar-refractivity contribution in [1.82, 2.24) is 4.57 Å². The lowest BCUT2D eigenvalue weighted by atomic mass is 10.0. The zero-order chi connectivity index (χ0) is 21.8. The molecule has 31 heavy (non-hydrogen) atoms. The van der Waals surface area contributed by atoms with Gasteiger partial charge < -0.3 is 14.0 Å². The molecule has 0 N–H and O–H groups in total. The van der Waals surface area contributed by atoms with Gasteiger partial charge in [0.15, 0.2) is 6.29 Å². The molecule has 4 aromatic rings. The van der Waals surface area contributed by atoms with E-state index in [9.17, 15) is 9.59 Å². The number of para-hydroxylation sites is 1. The van der Waals surface area contributed by atoms with Crippen LogP contribution in [0.25, 0.3) is 28.1 Å². The molecule has 0 atom stereocenters. The maximum absolute atomic E-state index is 12.5. The molecule has 0 aliphatic heterocycles. The summed E-state index contributed by atoms with van der Waals surface area (Å²) in [7, 11) is 2.96. The Balaban J connectivity index is 2.05. The lowest BCUT2D eigenvalue weighted by Gasteiger charge is -2.16. The van der Waals surface area contributed by atoms with Crippen molar-refractivity contribution in [3.05, 3.63) is 96.2 Å². The Kier molecular flexibility index (Phi) is 5.67. The SMILES string of the molecule is COC(=O)c1ccccc1-n1c(C=O)cc(-c2ccc(OC)cc2)c1-c1ccccc1. The first-order chi connectivity index (χ1) is 15.2. The highest BCUT2D eigenvalue weighted by molar-refractivity contribution is 5.96. The van der Waals surface area contributed by atoms with Crippen molar-refractivity contribution >= 4 is 12.3 Å². The number of aromatic nitrogens is 1. The molecule has 0 saturated carbocycles. The van der Waals surface area contributed by atoms with Gasteiger partial charge in [-0.05, 0) is 41.5 Å². The van der Waals surface area contributed by atoms with E-state index in [-0.39, 0.29) is 0 Å². The predicted molar refractivity (Wildman–Crippen MR) is 120 cm³/mol. The van der Waals surface area contributed by atoms with Crippen LogP contribution in [-0.4, -0.2) is 31.0 Å². The molecule has 4 rings (SSSR count). The van der Waals surface area contributed by atoms with Crippen LogP contribution in [0.4, 0.5) is 0 Å². The Morgan fingerprint density at radius 2 is 1.52 bits per heavy atom. The second kappa shape index (κ2) is 8.71. The van der Waals surface area contributed by atoms with Crippen molar-refractivity contribution in [2.45, 2.75) is 0 Å². The van der Waals surface area contributed by atoms with Gasteiger partial charge in [0.05, 0.1) is 36.9 Å². The van der Waals surface area contributed by atoms with Gasteiger partial charge in [0, 0.05) is 5.56 Å². The highest BCUT2D eigenvalue weighted by atomic mass is 16.5. The topological polar surface area (TPSA) is 57.5 Å². The Hall–Kier alpha value is -4.12. The standard InChI is InChI=1S/C26H21NO4/c1-30-21-14-12-18(13-15-21)23-16-20(17-28)27(25(23)19-8-4-3-5-9-19)24-11-7-6-10-22(24)26(29)31-2/h3-17H,1-2H3. The Bertz CT molecular complexity index is 1220. The van der Waals surface area contributed by atoms with Crippen molar-refractivity contribution in [1.29, 1.82) is 0 Å². The molecule has 1 heterocycles. The number of aldehydes is 1. The van der Waals surface area contributed by atoms with E-state index in [2.05, 4.69) is 0 Å². The molecule has 0 amide bonds. The zero-order valence-electron chi connectivity index (χ0n) is 17.2. The number of carbonyl (C=O) groups is 2. The van der Waals surface area contributed by atoms with Crippen LogP contribution >= 0.6 is 0 Å². The molecule has 5 nitrogen and oxygen atoms in total. The molecule has 0 bridgehead atoms. The maximum Gasteiger partial charge on any atom is 0.339 e. The minimum atomic E-state index is -0.467. The molecular weight excluding hydrogens is 390 g/mol. The molecule has 5 heteroatoms. The maximum atomic E-state index is 12.5. The summed E-state index contributed by atoms with van der Waals surface area (Å²) < 4.78 is 12.1. The summed E-state index contributed by atoms with van der Waals surface area (Å²) >= 11 is 0. The number of carbonyl (C=O) groups excluding carboxylic acids is 2. The van der Waals surface area contributed by atoms with Crippen LogP contribution in [-0.2, 0) is 4.74 Å². The largest absolute Gasteiger partial charge is 0.497 e. The third-order valence-corrected chi connectivity index (χ3v) is 5.15. The molecule has 3 aromatic carbocycles. The number of rotatable bonds is 6. The first-order valence-corrected chi connectivity index (χ1v) is 9.76. The molecule has 0 saturated heterocycles. The average molecular weight is 411 g/mol. The molecular formula is C26H21NO4. The van der Waals surface area contributed by atoms with Gasteiger partial charge >= 0.3 is 5.97 Å². The van der Waals surface area contributed by atoms with Crippen molar-refractivity contribution in [3.8, 4) is 33.8 Å². The third-order valence-electron chi connectivity index (χ3n) is 5.15. The summed E-state index contributed by atoms with van der Waals surface area (Å²) in [4.78, 5) is 24.6. The summed E-state index contributed by atoms with van der Waals surface area (Å²) in [5.74, 6) is 0.280. The number of benzene rings is 3. The van der Waals surface area contributed by atoms with Gasteiger partial charge in [-0.15, -0.1) is 0 Å². The van der Waals surface area contributed by atoms with E-state index in [1.165, 1.54) is 7.11 Å². The predicted octanol–water partition coefficient (Wildman–Crippen LogP) is 5.42. The zero-order valence-corrected chi connectivity index (χ0v) is 17.2. The van der Waals surface area contributed by atoms with Crippen molar-refractivity contribution < 1.29 is 19.1 Å². The molecule has 0 fully saturated rings. The van der Waals surface area contributed by atoms with Crippen molar-refractivity contribution in [2.75, 3.05) is 14.2 Å². The molecule has 0 radical (unpaired) electrons. The number of esters is 1. The number of nitrogens with zero attached hydrogens (tertiary/aromatic N) is 1. The van der Waals surface area contributed by atoms with Crippen LogP contribution in [0.3, 0.4) is 0 Å². The van der Waals surface area contributed by atoms with E-state index in [4.69, 9.17) is 9.47 Å². The molecule has 0 spiro atoms. The molecule has 0 aliphatic rings. The monoisotopic (exact) mass is 411 g/mol. The van der Waals surface area contributed by atoms with Crippen molar-refractivity contribution in [2.24, 2.45) is 0 Å². The van der Waals surface area contributed by atoms with Crippen LogP contribution in [0.15, 0.2) is 84.9 Å². The highest BCUT2D eigenvalue weighted by Crippen LogP contribution is 2.38. The first-order valence-electron chi connectivity index (χ1n) is 9.76. The van der Waals surface area contributed by atoms with E-state index in [1.54, 1.807) is 19.2 Å². The first kappa shape index (κ1) is 20.2. The quantitative estimate of drug-likeness (QED) is 0.314. The van der Waals surface area contributed by atoms with Gasteiger partial charge in [0.2, 0.25) is 0 Å². The van der Waals surface area contributed by atoms with Gasteiger partial charge in [-0.25, -0.2) is 4.79 Å². The lowest BCUT2D eigenvalue weighted by molar-refractivity contribution is 0.0600. The van der Waals surface area contributed by atoms with Gasteiger partial charge in [-0.1, -0.05) is 54.6 Å². The minimum absolute atomic E-state index is 0.377. The fourth-order valence-corrected chi connectivity index (χ4v) is 3.70. The number of hydrogen-bond acceptors (Lipinski definition) is 4. The molecule has 0 unspecified atom stereocenters. The summed E-state index contributed by atoms with van der Waals surface area (Å²) in [6.07, 6.45) is 0.799. The van der Waals surface area contributed by atoms with Crippen LogP contribution in [0.2, 0.25) is 0 Å². The second-order valence-electron chi connectivity index (χ2n) is 6.89. The highest BCUT2D eigenvalue weighted by Gasteiger charge is 2.22. The van der Waals surface area contributed by atoms with Crippen LogP contribution in [0.1, 0.15) is 20.8 Å². The minimum Gasteiger partial charge on any atom is -0.497 e. The Labute approximate surface area is 180 Å². The lowest BCUT2D eigenvalue weighted by Crippen LogP contribution is -2.10. The Morgan fingerprint density at radius 1 is 0.839 bits per heavy atom. The number of ether oxygens (including phenoxy) is 2. The van der Waals surface area contributed by atoms with Gasteiger partial charge in [0.25, 0.3) is 0 Å². The van der Waals surface area contributed by atoms with Crippen LogP contribution in [0.5, 0.6) is 5.75 Å². The van der Waals surface area contributed by atoms with Crippen molar-refractivity contribution in [3.63, 3.8) is 0 Å². The average Bonchev–Trinajstić information content (AvgIpc) is 3.23. The van der Waals surface area contributed by atoms with E-state index in [0.29, 0.717) is 16.9 Å². The summed E-state index contributed by atoms with van der Waals surface area (Å²) in [5, 5.41) is 0. The summed E-state index contributed by atoms with van der Waals surface area (Å²) in [5.41, 5.74) is 4.91. The van der Waals surface area contributed by atoms with E-state index in [0.717, 1.165) is 34.4 Å². The molecule has 1 aromatic heterocycles. The number of methoxy groups -OCH3 is 2. The summed E-state index contributed by atoms with van der Waals surface area (Å²) in [6, 6.07) is 26.4. The van der Waals surface area contributed by atoms with Gasteiger partial charge in [-0.2, -0.15) is 0 Å². The van der Waals surface area contributed by atoms with Crippen LogP contribution in [0, 0.1) is 0 Å². The van der Waals surface area contributed by atoms with Crippen LogP contribution < -0.4 is 4.74 Å². The smallest absolute Gasteiger partial charge is 0.339 e. The molecule has 154 valence electrons. The third kappa shape index (κ3) is 3.73. The van der Waals surface area contributed by atoms with E-state index >= 15 is 0 Å². The van der Waals surface area contributed by atoms with E-state index < -0.39 is 5.97 Å².